The largest absolute Gasteiger partial charge is 0.350 e. The second-order valence-electron chi connectivity index (χ2n) is 7.07. The van der Waals surface area contributed by atoms with Crippen LogP contribution in [0.25, 0.3) is 0 Å². The zero-order valence-electron chi connectivity index (χ0n) is 17.1. The summed E-state index contributed by atoms with van der Waals surface area (Å²) in [7, 11) is 3.83. The molecule has 0 aliphatic heterocycles. The van der Waals surface area contributed by atoms with E-state index in [1.165, 1.54) is 24.3 Å². The first-order chi connectivity index (χ1) is 14.9. The summed E-state index contributed by atoms with van der Waals surface area (Å²) in [6.07, 6.45) is 0. The van der Waals surface area contributed by atoms with Crippen LogP contribution in [-0.4, -0.2) is 36.4 Å². The Morgan fingerprint density at radius 3 is 2.39 bits per heavy atom. The van der Waals surface area contributed by atoms with E-state index in [9.17, 15) is 19.3 Å². The Labute approximate surface area is 184 Å². The third kappa shape index (κ3) is 5.68. The number of nitro benzene ring substituents is 1. The quantitative estimate of drug-likeness (QED) is 0.398. The number of carbonyl (C=O) groups is 1. The average molecular weight is 440 g/mol. The lowest BCUT2D eigenvalue weighted by Gasteiger charge is -2.25. The number of hydrogen-bond donors (Lipinski definition) is 1. The minimum Gasteiger partial charge on any atom is -0.350 e. The van der Waals surface area contributed by atoms with Gasteiger partial charge >= 0.3 is 0 Å². The zero-order chi connectivity index (χ0) is 22.4. The van der Waals surface area contributed by atoms with Crippen molar-refractivity contribution < 1.29 is 14.1 Å². The molecule has 1 atom stereocenters. The van der Waals surface area contributed by atoms with Crippen LogP contribution in [0.15, 0.2) is 82.6 Å². The van der Waals surface area contributed by atoms with Gasteiger partial charge in [-0.05, 0) is 37.9 Å². The lowest BCUT2D eigenvalue weighted by molar-refractivity contribution is -0.384. The minimum atomic E-state index is -0.555. The van der Waals surface area contributed by atoms with Crippen LogP contribution < -0.4 is 5.32 Å². The van der Waals surface area contributed by atoms with Crippen LogP contribution in [0.3, 0.4) is 0 Å². The van der Waals surface area contributed by atoms with Gasteiger partial charge in [-0.1, -0.05) is 54.2 Å². The van der Waals surface area contributed by atoms with Gasteiger partial charge in [0.25, 0.3) is 11.6 Å². The summed E-state index contributed by atoms with van der Waals surface area (Å²) < 4.78 is 14.1. The molecule has 0 saturated carbocycles. The first-order valence-corrected chi connectivity index (χ1v) is 10.4. The number of halogens is 1. The maximum absolute atomic E-state index is 14.1. The molecule has 3 aromatic carbocycles. The van der Waals surface area contributed by atoms with Gasteiger partial charge in [0, 0.05) is 28.5 Å². The predicted molar refractivity (Wildman–Crippen MR) is 119 cm³/mol. The number of carbonyl (C=O) groups excluding carboxylic acids is 1. The number of rotatable bonds is 8. The monoisotopic (exact) mass is 439 g/mol. The number of non-ortho nitro benzene ring substituents is 1. The number of nitrogens with zero attached hydrogens (tertiary/aromatic N) is 2. The molecule has 1 N–H and O–H groups in total. The van der Waals surface area contributed by atoms with Crippen molar-refractivity contribution in [2.75, 3.05) is 20.6 Å². The Morgan fingerprint density at radius 2 is 1.74 bits per heavy atom. The summed E-state index contributed by atoms with van der Waals surface area (Å²) in [6.45, 7) is 0.308. The smallest absolute Gasteiger partial charge is 0.270 e. The summed E-state index contributed by atoms with van der Waals surface area (Å²) in [5.74, 6) is -0.876. The molecule has 160 valence electrons. The molecule has 0 radical (unpaired) electrons. The van der Waals surface area contributed by atoms with Gasteiger partial charge in [-0.3, -0.25) is 14.9 Å². The fraction of sp³-hybridized carbons (Fsp3) is 0.174. The molecular formula is C23H22FN3O3S. The van der Waals surface area contributed by atoms with E-state index in [-0.39, 0.29) is 17.3 Å². The highest BCUT2D eigenvalue weighted by molar-refractivity contribution is 7.99. The Morgan fingerprint density at radius 1 is 1.06 bits per heavy atom. The van der Waals surface area contributed by atoms with E-state index < -0.39 is 16.6 Å². The molecule has 0 bridgehead atoms. The van der Waals surface area contributed by atoms with E-state index in [2.05, 4.69) is 5.32 Å². The summed E-state index contributed by atoms with van der Waals surface area (Å²) >= 11 is 1.06. The van der Waals surface area contributed by atoms with Gasteiger partial charge < -0.3 is 10.2 Å². The molecule has 0 aliphatic carbocycles. The van der Waals surface area contributed by atoms with Crippen LogP contribution in [0.1, 0.15) is 22.0 Å². The Kier molecular flexibility index (Phi) is 7.38. The second-order valence-corrected chi connectivity index (χ2v) is 8.15. The van der Waals surface area contributed by atoms with E-state index in [0.717, 1.165) is 17.3 Å². The maximum Gasteiger partial charge on any atom is 0.270 e. The summed E-state index contributed by atoms with van der Waals surface area (Å²) in [4.78, 5) is 26.5. The van der Waals surface area contributed by atoms with Crippen LogP contribution in [-0.2, 0) is 0 Å². The van der Waals surface area contributed by atoms with Gasteiger partial charge in [0.05, 0.1) is 16.5 Å². The molecule has 3 rings (SSSR count). The number of nitrogens with one attached hydrogen (secondary N) is 1. The molecular weight excluding hydrogens is 417 g/mol. The van der Waals surface area contributed by atoms with Crippen LogP contribution in [0.4, 0.5) is 10.1 Å². The molecule has 1 amide bonds. The van der Waals surface area contributed by atoms with E-state index in [4.69, 9.17) is 0 Å². The van der Waals surface area contributed by atoms with Gasteiger partial charge in [-0.15, -0.1) is 0 Å². The van der Waals surface area contributed by atoms with Crippen molar-refractivity contribution in [1.82, 2.24) is 10.2 Å². The van der Waals surface area contributed by atoms with Crippen molar-refractivity contribution in [2.24, 2.45) is 0 Å². The van der Waals surface area contributed by atoms with Crippen molar-refractivity contribution in [2.45, 2.75) is 15.8 Å². The van der Waals surface area contributed by atoms with Crippen LogP contribution in [0, 0.1) is 15.9 Å². The van der Waals surface area contributed by atoms with Gasteiger partial charge in [-0.25, -0.2) is 4.39 Å². The van der Waals surface area contributed by atoms with Crippen molar-refractivity contribution in [3.8, 4) is 0 Å². The summed E-state index contributed by atoms with van der Waals surface area (Å²) in [5.41, 5.74) is 0.969. The highest BCUT2D eigenvalue weighted by atomic mass is 32.2. The van der Waals surface area contributed by atoms with E-state index in [1.54, 1.807) is 18.2 Å². The Hall–Kier alpha value is -3.23. The van der Waals surface area contributed by atoms with E-state index >= 15 is 0 Å². The average Bonchev–Trinajstić information content (AvgIpc) is 2.76. The first kappa shape index (κ1) is 22.5. The standard InChI is InChI=1S/C23H22FN3O3S/c1-26(2)20(16-8-4-3-5-9-16)15-25-23(28)18-14-17(27(29)30)12-13-21(18)31-22-11-7-6-10-19(22)24/h3-14,20H,15H2,1-2H3,(H,25,28). The molecule has 0 spiro atoms. The van der Waals surface area contributed by atoms with Gasteiger partial charge in [0.15, 0.2) is 0 Å². The molecule has 0 aromatic heterocycles. The van der Waals surface area contributed by atoms with Crippen LogP contribution in [0.2, 0.25) is 0 Å². The van der Waals surface area contributed by atoms with E-state index in [1.807, 2.05) is 49.3 Å². The van der Waals surface area contributed by atoms with Gasteiger partial charge in [-0.2, -0.15) is 0 Å². The lowest BCUT2D eigenvalue weighted by Crippen LogP contribution is -2.34. The number of amides is 1. The molecule has 0 aliphatic rings. The second kappa shape index (κ2) is 10.2. The minimum absolute atomic E-state index is 0.0773. The molecule has 3 aromatic rings. The molecule has 31 heavy (non-hydrogen) atoms. The predicted octanol–water partition coefficient (Wildman–Crippen LogP) is 4.92. The molecule has 0 heterocycles. The number of likely N-dealkylation sites (N-methyl/N-ethyl adjacent to an activating group) is 1. The summed E-state index contributed by atoms with van der Waals surface area (Å²) in [5, 5.41) is 14.1. The number of hydrogen-bond acceptors (Lipinski definition) is 5. The zero-order valence-corrected chi connectivity index (χ0v) is 17.9. The van der Waals surface area contributed by atoms with Crippen LogP contribution in [0.5, 0.6) is 0 Å². The van der Waals surface area contributed by atoms with Crippen molar-refractivity contribution in [3.05, 3.63) is 99.9 Å². The molecule has 0 fully saturated rings. The van der Waals surface area contributed by atoms with Crippen LogP contribution >= 0.6 is 11.8 Å². The third-order valence-electron chi connectivity index (χ3n) is 4.74. The lowest BCUT2D eigenvalue weighted by atomic mass is 10.1. The van der Waals surface area contributed by atoms with E-state index in [0.29, 0.717) is 16.3 Å². The SMILES string of the molecule is CN(C)C(CNC(=O)c1cc([N+](=O)[O-])ccc1Sc1ccccc1F)c1ccccc1. The highest BCUT2D eigenvalue weighted by Crippen LogP contribution is 2.34. The van der Waals surface area contributed by atoms with Gasteiger partial charge in [0.1, 0.15) is 5.82 Å². The highest BCUT2D eigenvalue weighted by Gasteiger charge is 2.21. The molecule has 0 saturated heterocycles. The topological polar surface area (TPSA) is 75.5 Å². The fourth-order valence-electron chi connectivity index (χ4n) is 3.10. The fourth-order valence-corrected chi connectivity index (χ4v) is 4.05. The molecule has 8 heteroatoms. The number of benzene rings is 3. The van der Waals surface area contributed by atoms with Gasteiger partial charge in [0.2, 0.25) is 0 Å². The Bertz CT molecular complexity index is 1080. The van der Waals surface area contributed by atoms with Crippen molar-refractivity contribution in [3.63, 3.8) is 0 Å². The maximum atomic E-state index is 14.1. The normalized spacial score (nSPS) is 11.9. The molecule has 1 unspecified atom stereocenters. The van der Waals surface area contributed by atoms with Crippen molar-refractivity contribution in [1.29, 1.82) is 0 Å². The number of nitro groups is 1. The summed E-state index contributed by atoms with van der Waals surface area (Å²) in [6, 6.07) is 19.9. The Balaban J connectivity index is 1.86. The molecule has 6 nitrogen and oxygen atoms in total. The van der Waals surface area contributed by atoms with Crippen molar-refractivity contribution >= 4 is 23.4 Å². The third-order valence-corrected chi connectivity index (χ3v) is 5.87. The first-order valence-electron chi connectivity index (χ1n) is 9.57.